The predicted molar refractivity (Wildman–Crippen MR) is 90.3 cm³/mol. The minimum Gasteiger partial charge on any atom is -0.506 e. The lowest BCUT2D eigenvalue weighted by molar-refractivity contribution is -0.143. The van der Waals surface area contributed by atoms with Gasteiger partial charge in [0.2, 0.25) is 0 Å². The number of aromatic nitrogens is 1. The average molecular weight is 366 g/mol. The van der Waals surface area contributed by atoms with Crippen molar-refractivity contribution in [3.8, 4) is 5.75 Å². The summed E-state index contributed by atoms with van der Waals surface area (Å²) >= 11 is 5.99. The fourth-order valence-corrected chi connectivity index (χ4v) is 2.48. The molecule has 0 radical (unpaired) electrons. The maximum Gasteiger partial charge on any atom is 0.306 e. The van der Waals surface area contributed by atoms with Crippen molar-refractivity contribution in [3.05, 3.63) is 58.1 Å². The number of ketones is 1. The first-order valence-electron chi connectivity index (χ1n) is 7.73. The maximum atomic E-state index is 13.9. The number of carbonyl (C=O) groups is 2. The quantitative estimate of drug-likeness (QED) is 0.598. The monoisotopic (exact) mass is 365 g/mol. The van der Waals surface area contributed by atoms with E-state index in [2.05, 4.69) is 4.98 Å². The second-order valence-corrected chi connectivity index (χ2v) is 5.68. The Hall–Kier alpha value is -2.47. The molecule has 1 heterocycles. The van der Waals surface area contributed by atoms with E-state index < -0.39 is 17.6 Å². The van der Waals surface area contributed by atoms with Gasteiger partial charge >= 0.3 is 5.97 Å². The highest BCUT2D eigenvalue weighted by Gasteiger charge is 2.17. The van der Waals surface area contributed by atoms with Crippen molar-refractivity contribution in [3.63, 3.8) is 0 Å². The van der Waals surface area contributed by atoms with Crippen LogP contribution in [0.3, 0.4) is 0 Å². The van der Waals surface area contributed by atoms with E-state index in [9.17, 15) is 19.1 Å². The Balaban J connectivity index is 2.17. The number of pyridine rings is 1. The second-order valence-electron chi connectivity index (χ2n) is 5.28. The third-order valence-electron chi connectivity index (χ3n) is 3.48. The Kier molecular flexibility index (Phi) is 6.47. The van der Waals surface area contributed by atoms with Gasteiger partial charge in [-0.15, -0.1) is 0 Å². The molecule has 0 saturated carbocycles. The van der Waals surface area contributed by atoms with Crippen molar-refractivity contribution in [2.45, 2.75) is 26.2 Å². The van der Waals surface area contributed by atoms with Crippen molar-refractivity contribution >= 4 is 23.4 Å². The second kappa shape index (κ2) is 8.58. The Bertz CT molecular complexity index is 774. The van der Waals surface area contributed by atoms with Crippen LogP contribution in [-0.2, 0) is 16.0 Å². The van der Waals surface area contributed by atoms with Gasteiger partial charge in [-0.2, -0.15) is 0 Å². The fraction of sp³-hybridized carbons (Fsp3) is 0.278. The summed E-state index contributed by atoms with van der Waals surface area (Å²) in [6, 6.07) is 7.14. The molecule has 0 atom stereocenters. The molecule has 0 spiro atoms. The number of hydrogen-bond donors (Lipinski definition) is 1. The largest absolute Gasteiger partial charge is 0.506 e. The number of nitrogens with zero attached hydrogens (tertiary/aromatic N) is 1. The Morgan fingerprint density at radius 2 is 2.00 bits per heavy atom. The van der Waals surface area contributed by atoms with E-state index in [1.807, 2.05) is 0 Å². The van der Waals surface area contributed by atoms with Gasteiger partial charge in [-0.05, 0) is 31.2 Å². The van der Waals surface area contributed by atoms with Gasteiger partial charge in [0.1, 0.15) is 17.3 Å². The molecule has 2 aromatic rings. The zero-order valence-corrected chi connectivity index (χ0v) is 14.3. The number of ether oxygens (including phenoxy) is 1. The molecule has 0 aliphatic rings. The summed E-state index contributed by atoms with van der Waals surface area (Å²) < 4.78 is 18.6. The summed E-state index contributed by atoms with van der Waals surface area (Å²) in [6.07, 6.45) is -0.162. The number of halogens is 2. The lowest BCUT2D eigenvalue weighted by Crippen LogP contribution is -2.10. The van der Waals surface area contributed by atoms with Gasteiger partial charge in [-0.1, -0.05) is 17.7 Å². The van der Waals surface area contributed by atoms with Gasteiger partial charge in [0.25, 0.3) is 0 Å². The number of benzene rings is 1. The molecule has 25 heavy (non-hydrogen) atoms. The number of hydrogen-bond acceptors (Lipinski definition) is 5. The van der Waals surface area contributed by atoms with E-state index in [-0.39, 0.29) is 47.9 Å². The summed E-state index contributed by atoms with van der Waals surface area (Å²) in [5, 5.41) is 10.1. The Labute approximate surface area is 149 Å². The number of carbonyl (C=O) groups excluding carboxylic acids is 2. The number of rotatable bonds is 7. The molecule has 1 aromatic carbocycles. The smallest absolute Gasteiger partial charge is 0.306 e. The summed E-state index contributed by atoms with van der Waals surface area (Å²) in [5.41, 5.74) is 0.478. The van der Waals surface area contributed by atoms with Crippen LogP contribution >= 0.6 is 11.6 Å². The van der Waals surface area contributed by atoms with Crippen molar-refractivity contribution in [2.24, 2.45) is 0 Å². The van der Waals surface area contributed by atoms with E-state index in [0.29, 0.717) is 5.69 Å². The minimum absolute atomic E-state index is 0.0734. The van der Waals surface area contributed by atoms with E-state index in [1.54, 1.807) is 13.0 Å². The van der Waals surface area contributed by atoms with Crippen LogP contribution in [0, 0.1) is 5.82 Å². The van der Waals surface area contributed by atoms with E-state index in [4.69, 9.17) is 16.3 Å². The van der Waals surface area contributed by atoms with Crippen LogP contribution in [0.4, 0.5) is 4.39 Å². The third kappa shape index (κ3) is 5.00. The Morgan fingerprint density at radius 1 is 1.24 bits per heavy atom. The third-order valence-corrected chi connectivity index (χ3v) is 3.83. The summed E-state index contributed by atoms with van der Waals surface area (Å²) in [5.74, 6) is -1.76. The number of aromatic hydroxyl groups is 1. The summed E-state index contributed by atoms with van der Waals surface area (Å²) in [4.78, 5) is 27.6. The van der Waals surface area contributed by atoms with Crippen LogP contribution in [0.2, 0.25) is 5.02 Å². The molecule has 0 aliphatic carbocycles. The predicted octanol–water partition coefficient (Wildman–Crippen LogP) is 3.70. The van der Waals surface area contributed by atoms with Crippen molar-refractivity contribution in [2.75, 3.05) is 6.61 Å². The van der Waals surface area contributed by atoms with Gasteiger partial charge in [0.15, 0.2) is 5.78 Å². The highest BCUT2D eigenvalue weighted by Crippen LogP contribution is 2.24. The first kappa shape index (κ1) is 18.9. The van der Waals surface area contributed by atoms with Gasteiger partial charge in [-0.25, -0.2) is 9.37 Å². The molecular formula is C18H17ClFNO4. The van der Waals surface area contributed by atoms with E-state index in [0.717, 1.165) is 0 Å². The standard InChI is InChI=1S/C18H17ClFNO4/c1-2-25-17(24)9-8-16(23)18-15(22)7-6-11(21-18)10-12-13(19)4-3-5-14(12)20/h3-7,22H,2,8-10H2,1H3. The molecule has 0 bridgehead atoms. The summed E-state index contributed by atoms with van der Waals surface area (Å²) in [7, 11) is 0. The molecule has 132 valence electrons. The number of esters is 1. The normalized spacial score (nSPS) is 10.5. The number of Topliss-reactive ketones (excluding diaryl/α,β-unsaturated/α-hetero) is 1. The van der Waals surface area contributed by atoms with Gasteiger partial charge in [0, 0.05) is 29.1 Å². The average Bonchev–Trinajstić information content (AvgIpc) is 2.58. The van der Waals surface area contributed by atoms with Crippen LogP contribution in [0.5, 0.6) is 5.75 Å². The molecular weight excluding hydrogens is 349 g/mol. The highest BCUT2D eigenvalue weighted by molar-refractivity contribution is 6.31. The topological polar surface area (TPSA) is 76.5 Å². The minimum atomic E-state index is -0.496. The van der Waals surface area contributed by atoms with Crippen molar-refractivity contribution in [1.82, 2.24) is 4.98 Å². The molecule has 1 aromatic heterocycles. The van der Waals surface area contributed by atoms with E-state index >= 15 is 0 Å². The van der Waals surface area contributed by atoms with Gasteiger partial charge < -0.3 is 9.84 Å². The zero-order valence-electron chi connectivity index (χ0n) is 13.6. The van der Waals surface area contributed by atoms with E-state index in [1.165, 1.54) is 24.3 Å². The molecule has 0 unspecified atom stereocenters. The zero-order chi connectivity index (χ0) is 18.4. The molecule has 0 saturated heterocycles. The first-order valence-corrected chi connectivity index (χ1v) is 8.10. The molecule has 1 N–H and O–H groups in total. The molecule has 7 heteroatoms. The van der Waals surface area contributed by atoms with Gasteiger partial charge in [0.05, 0.1) is 13.0 Å². The SMILES string of the molecule is CCOC(=O)CCC(=O)c1nc(Cc2c(F)cccc2Cl)ccc1O. The van der Waals surface area contributed by atoms with Gasteiger partial charge in [-0.3, -0.25) is 9.59 Å². The fourth-order valence-electron chi connectivity index (χ4n) is 2.25. The molecule has 5 nitrogen and oxygen atoms in total. The molecule has 0 fully saturated rings. The molecule has 0 aliphatic heterocycles. The van der Waals surface area contributed by atoms with Crippen LogP contribution in [-0.4, -0.2) is 28.4 Å². The molecule has 0 amide bonds. The van der Waals surface area contributed by atoms with Crippen LogP contribution in [0.15, 0.2) is 30.3 Å². The van der Waals surface area contributed by atoms with Crippen molar-refractivity contribution < 1.29 is 23.8 Å². The van der Waals surface area contributed by atoms with Crippen LogP contribution < -0.4 is 0 Å². The van der Waals surface area contributed by atoms with Crippen LogP contribution in [0.25, 0.3) is 0 Å². The summed E-state index contributed by atoms with van der Waals surface area (Å²) in [6.45, 7) is 1.90. The Morgan fingerprint density at radius 3 is 2.68 bits per heavy atom. The lowest BCUT2D eigenvalue weighted by Gasteiger charge is -2.08. The highest BCUT2D eigenvalue weighted by atomic mass is 35.5. The first-order chi connectivity index (χ1) is 11.9. The van der Waals surface area contributed by atoms with Crippen LogP contribution in [0.1, 0.15) is 41.5 Å². The lowest BCUT2D eigenvalue weighted by atomic mass is 10.1. The van der Waals surface area contributed by atoms with Crippen molar-refractivity contribution in [1.29, 1.82) is 0 Å². The maximum absolute atomic E-state index is 13.9. The molecule has 2 rings (SSSR count).